The summed E-state index contributed by atoms with van der Waals surface area (Å²) in [6.45, 7) is 3.03. The van der Waals surface area contributed by atoms with Crippen molar-refractivity contribution in [3.05, 3.63) is 30.1 Å². The van der Waals surface area contributed by atoms with Crippen molar-refractivity contribution in [2.24, 2.45) is 11.8 Å². The Labute approximate surface area is 125 Å². The molecular formula is C16H22N2O3. The number of amides is 1. The van der Waals surface area contributed by atoms with E-state index in [-0.39, 0.29) is 11.8 Å². The van der Waals surface area contributed by atoms with Crippen LogP contribution in [-0.4, -0.2) is 33.4 Å². The van der Waals surface area contributed by atoms with E-state index in [1.165, 1.54) is 0 Å². The molecule has 1 aliphatic carbocycles. The molecule has 1 aromatic rings. The van der Waals surface area contributed by atoms with Crippen molar-refractivity contribution in [3.8, 4) is 0 Å². The minimum Gasteiger partial charge on any atom is -0.481 e. The zero-order valence-electron chi connectivity index (χ0n) is 12.4. The van der Waals surface area contributed by atoms with Crippen LogP contribution in [0.5, 0.6) is 0 Å². The molecule has 2 rings (SSSR count). The predicted octanol–water partition coefficient (Wildman–Crippen LogP) is 2.32. The third kappa shape index (κ3) is 3.80. The summed E-state index contributed by atoms with van der Waals surface area (Å²) in [5.41, 5.74) is 1.02. The van der Waals surface area contributed by atoms with Gasteiger partial charge < -0.3 is 10.0 Å². The Morgan fingerprint density at radius 1 is 1.24 bits per heavy atom. The second-order valence-electron chi connectivity index (χ2n) is 5.54. The number of carbonyl (C=O) groups excluding carboxylic acids is 1. The van der Waals surface area contributed by atoms with Crippen molar-refractivity contribution in [3.63, 3.8) is 0 Å². The Morgan fingerprint density at radius 3 is 2.43 bits per heavy atom. The molecule has 0 aromatic carbocycles. The van der Waals surface area contributed by atoms with Crippen molar-refractivity contribution in [2.45, 2.75) is 39.2 Å². The largest absolute Gasteiger partial charge is 0.481 e. The maximum atomic E-state index is 12.7. The number of nitrogens with zero attached hydrogens (tertiary/aromatic N) is 2. The lowest BCUT2D eigenvalue weighted by molar-refractivity contribution is -0.152. The maximum absolute atomic E-state index is 12.7. The Balaban J connectivity index is 2.09. The van der Waals surface area contributed by atoms with Gasteiger partial charge in [-0.05, 0) is 37.5 Å². The predicted molar refractivity (Wildman–Crippen MR) is 78.4 cm³/mol. The smallest absolute Gasteiger partial charge is 0.307 e. The molecule has 0 bridgehead atoms. The molecule has 1 amide bonds. The first kappa shape index (κ1) is 15.5. The Morgan fingerprint density at radius 2 is 1.86 bits per heavy atom. The summed E-state index contributed by atoms with van der Waals surface area (Å²) in [6.07, 6.45) is 6.54. The fourth-order valence-electron chi connectivity index (χ4n) is 3.01. The highest BCUT2D eigenvalue weighted by atomic mass is 16.4. The minimum absolute atomic E-state index is 0.0265. The van der Waals surface area contributed by atoms with E-state index in [9.17, 15) is 14.7 Å². The number of pyridine rings is 1. The summed E-state index contributed by atoms with van der Waals surface area (Å²) in [5.74, 6) is -1.77. The summed E-state index contributed by atoms with van der Waals surface area (Å²) < 4.78 is 0. The Hall–Kier alpha value is -1.91. The van der Waals surface area contributed by atoms with E-state index < -0.39 is 11.9 Å². The highest BCUT2D eigenvalue weighted by Gasteiger charge is 2.37. The third-order valence-corrected chi connectivity index (χ3v) is 4.22. The van der Waals surface area contributed by atoms with E-state index in [1.54, 1.807) is 17.3 Å². The van der Waals surface area contributed by atoms with Gasteiger partial charge in [-0.1, -0.05) is 12.8 Å². The molecule has 1 N–H and O–H groups in total. The van der Waals surface area contributed by atoms with Crippen molar-refractivity contribution in [2.75, 3.05) is 6.54 Å². The van der Waals surface area contributed by atoms with Crippen LogP contribution in [0.4, 0.5) is 0 Å². The first-order valence-corrected chi connectivity index (χ1v) is 7.54. The number of aliphatic carboxylic acids is 1. The molecule has 1 saturated carbocycles. The second-order valence-corrected chi connectivity index (χ2v) is 5.54. The molecule has 0 radical (unpaired) electrons. The molecule has 114 valence electrons. The van der Waals surface area contributed by atoms with E-state index in [0.29, 0.717) is 25.9 Å². The molecule has 1 aliphatic rings. The fraction of sp³-hybridized carbons (Fsp3) is 0.562. The Bertz CT molecular complexity index is 490. The normalized spacial score (nSPS) is 21.8. The van der Waals surface area contributed by atoms with Gasteiger partial charge in [-0.2, -0.15) is 0 Å². The first-order chi connectivity index (χ1) is 10.1. The summed E-state index contributed by atoms with van der Waals surface area (Å²) in [5, 5.41) is 9.32. The van der Waals surface area contributed by atoms with Crippen LogP contribution in [0.2, 0.25) is 0 Å². The number of carboxylic acids is 1. The van der Waals surface area contributed by atoms with Crippen molar-refractivity contribution in [1.29, 1.82) is 0 Å². The van der Waals surface area contributed by atoms with Crippen LogP contribution in [0.3, 0.4) is 0 Å². The van der Waals surface area contributed by atoms with Crippen molar-refractivity contribution >= 4 is 11.9 Å². The van der Waals surface area contributed by atoms with E-state index in [1.807, 2.05) is 19.1 Å². The van der Waals surface area contributed by atoms with Gasteiger partial charge in [-0.15, -0.1) is 0 Å². The average molecular weight is 290 g/mol. The Kier molecular flexibility index (Phi) is 5.31. The van der Waals surface area contributed by atoms with Gasteiger partial charge in [0.2, 0.25) is 5.91 Å². The average Bonchev–Trinajstić information content (AvgIpc) is 2.53. The summed E-state index contributed by atoms with van der Waals surface area (Å²) in [4.78, 5) is 29.8. The SMILES string of the molecule is CCN(Cc1ccncc1)C(=O)C1CCCCC1C(=O)O. The summed E-state index contributed by atoms with van der Waals surface area (Å²) >= 11 is 0. The summed E-state index contributed by atoms with van der Waals surface area (Å²) in [6, 6.07) is 3.76. The molecule has 1 fully saturated rings. The molecule has 2 atom stereocenters. The molecule has 21 heavy (non-hydrogen) atoms. The van der Waals surface area contributed by atoms with E-state index in [0.717, 1.165) is 18.4 Å². The van der Waals surface area contributed by atoms with Crippen LogP contribution in [0.15, 0.2) is 24.5 Å². The maximum Gasteiger partial charge on any atom is 0.307 e. The first-order valence-electron chi connectivity index (χ1n) is 7.54. The van der Waals surface area contributed by atoms with Crippen molar-refractivity contribution in [1.82, 2.24) is 9.88 Å². The number of aromatic nitrogens is 1. The fourth-order valence-corrected chi connectivity index (χ4v) is 3.01. The van der Waals surface area contributed by atoms with Gasteiger partial charge >= 0.3 is 5.97 Å². The van der Waals surface area contributed by atoms with Crippen LogP contribution in [0.25, 0.3) is 0 Å². The van der Waals surface area contributed by atoms with Gasteiger partial charge in [0.05, 0.1) is 11.8 Å². The zero-order valence-corrected chi connectivity index (χ0v) is 12.4. The van der Waals surface area contributed by atoms with Crippen LogP contribution >= 0.6 is 0 Å². The quantitative estimate of drug-likeness (QED) is 0.903. The molecule has 5 heteroatoms. The summed E-state index contributed by atoms with van der Waals surface area (Å²) in [7, 11) is 0. The van der Waals surface area contributed by atoms with Crippen LogP contribution in [-0.2, 0) is 16.1 Å². The van der Waals surface area contributed by atoms with Gasteiger partial charge in [0.15, 0.2) is 0 Å². The highest BCUT2D eigenvalue weighted by Crippen LogP contribution is 2.32. The van der Waals surface area contributed by atoms with Gasteiger partial charge in [-0.25, -0.2) is 0 Å². The monoisotopic (exact) mass is 290 g/mol. The van der Waals surface area contributed by atoms with Gasteiger partial charge in [0.1, 0.15) is 0 Å². The van der Waals surface area contributed by atoms with Gasteiger partial charge in [0, 0.05) is 25.5 Å². The molecule has 1 heterocycles. The lowest BCUT2D eigenvalue weighted by Crippen LogP contribution is -2.42. The number of rotatable bonds is 5. The molecule has 2 unspecified atom stereocenters. The van der Waals surface area contributed by atoms with Crippen LogP contribution in [0, 0.1) is 11.8 Å². The zero-order chi connectivity index (χ0) is 15.2. The molecular weight excluding hydrogens is 268 g/mol. The van der Waals surface area contributed by atoms with Crippen LogP contribution in [0.1, 0.15) is 38.2 Å². The van der Waals surface area contributed by atoms with E-state index >= 15 is 0 Å². The lowest BCUT2D eigenvalue weighted by atomic mass is 9.78. The standard InChI is InChI=1S/C16H22N2O3/c1-2-18(11-12-7-9-17-10-8-12)15(19)13-5-3-4-6-14(13)16(20)21/h7-10,13-14H,2-6,11H2,1H3,(H,20,21). The second kappa shape index (κ2) is 7.20. The minimum atomic E-state index is -0.840. The molecule has 5 nitrogen and oxygen atoms in total. The van der Waals surface area contributed by atoms with Gasteiger partial charge in [-0.3, -0.25) is 14.6 Å². The number of carboxylic acid groups (broad SMARTS) is 1. The van der Waals surface area contributed by atoms with E-state index in [4.69, 9.17) is 0 Å². The van der Waals surface area contributed by atoms with Crippen molar-refractivity contribution < 1.29 is 14.7 Å². The molecule has 0 aliphatic heterocycles. The van der Waals surface area contributed by atoms with E-state index in [2.05, 4.69) is 4.98 Å². The molecule has 1 aromatic heterocycles. The number of hydrogen-bond donors (Lipinski definition) is 1. The molecule has 0 saturated heterocycles. The number of carbonyl (C=O) groups is 2. The lowest BCUT2D eigenvalue weighted by Gasteiger charge is -2.32. The topological polar surface area (TPSA) is 70.5 Å². The third-order valence-electron chi connectivity index (χ3n) is 4.22. The molecule has 0 spiro atoms. The number of hydrogen-bond acceptors (Lipinski definition) is 3. The highest BCUT2D eigenvalue weighted by molar-refractivity contribution is 5.85. The van der Waals surface area contributed by atoms with Gasteiger partial charge in [0.25, 0.3) is 0 Å². The van der Waals surface area contributed by atoms with Crippen LogP contribution < -0.4 is 0 Å².